The zero-order chi connectivity index (χ0) is 14.8. The molecule has 3 heterocycles. The Balaban J connectivity index is 1.99. The molecule has 0 radical (unpaired) electrons. The van der Waals surface area contributed by atoms with Crippen molar-refractivity contribution in [2.45, 2.75) is 13.0 Å². The number of aromatic nitrogens is 3. The van der Waals surface area contributed by atoms with Gasteiger partial charge in [0.15, 0.2) is 0 Å². The number of anilines is 1. The molecule has 5 nitrogen and oxygen atoms in total. The smallest absolute Gasteiger partial charge is 0.143 e. The van der Waals surface area contributed by atoms with Crippen molar-refractivity contribution < 1.29 is 4.42 Å². The van der Waals surface area contributed by atoms with E-state index in [4.69, 9.17) is 4.42 Å². The molecule has 0 spiro atoms. The lowest BCUT2D eigenvalue weighted by molar-refractivity contribution is 0.488. The molecule has 0 aliphatic carbocycles. The van der Waals surface area contributed by atoms with E-state index in [9.17, 15) is 0 Å². The average molecular weight is 347 g/mol. The molecule has 0 aliphatic rings. The molecule has 0 bridgehead atoms. The first-order valence-electron chi connectivity index (χ1n) is 6.55. The van der Waals surface area contributed by atoms with Crippen LogP contribution in [0, 0.1) is 6.92 Å². The second-order valence-electron chi connectivity index (χ2n) is 4.76. The van der Waals surface area contributed by atoms with Gasteiger partial charge in [-0.3, -0.25) is 0 Å². The highest BCUT2D eigenvalue weighted by molar-refractivity contribution is 9.10. The van der Waals surface area contributed by atoms with E-state index in [0.717, 1.165) is 27.6 Å². The minimum atomic E-state index is -0.165. The molecule has 3 aromatic rings. The minimum absolute atomic E-state index is 0.165. The lowest BCUT2D eigenvalue weighted by atomic mass is 10.2. The van der Waals surface area contributed by atoms with Gasteiger partial charge in [-0.2, -0.15) is 0 Å². The number of rotatable bonds is 4. The molecule has 0 aromatic carbocycles. The summed E-state index contributed by atoms with van der Waals surface area (Å²) in [7, 11) is 1.96. The van der Waals surface area contributed by atoms with Gasteiger partial charge in [-0.05, 0) is 47.1 Å². The highest BCUT2D eigenvalue weighted by atomic mass is 79.9. The molecule has 1 unspecified atom stereocenters. The molecule has 0 saturated carbocycles. The Kier molecular flexibility index (Phi) is 3.79. The molecule has 0 aliphatic heterocycles. The first kappa shape index (κ1) is 13.9. The third kappa shape index (κ3) is 2.85. The van der Waals surface area contributed by atoms with Crippen LogP contribution in [0.25, 0.3) is 0 Å². The summed E-state index contributed by atoms with van der Waals surface area (Å²) in [6, 6.07) is 7.55. The van der Waals surface area contributed by atoms with Crippen LogP contribution in [-0.4, -0.2) is 14.5 Å². The Hall–Kier alpha value is -2.08. The quantitative estimate of drug-likeness (QED) is 0.732. The van der Waals surface area contributed by atoms with Crippen molar-refractivity contribution in [2.75, 3.05) is 5.32 Å². The van der Waals surface area contributed by atoms with Gasteiger partial charge in [0.2, 0.25) is 0 Å². The van der Waals surface area contributed by atoms with E-state index in [1.54, 1.807) is 12.5 Å². The number of hydrogen-bond acceptors (Lipinski definition) is 4. The lowest BCUT2D eigenvalue weighted by Gasteiger charge is -2.19. The van der Waals surface area contributed by atoms with E-state index in [1.165, 1.54) is 0 Å². The number of nitrogens with one attached hydrogen (secondary N) is 1. The van der Waals surface area contributed by atoms with E-state index in [0.29, 0.717) is 0 Å². The summed E-state index contributed by atoms with van der Waals surface area (Å²) in [6.45, 7) is 1.96. The molecule has 3 rings (SSSR count). The Morgan fingerprint density at radius 1 is 1.33 bits per heavy atom. The standard InChI is InChI=1S/C15H15BrN4O/c1-10-11(5-6-13(16)18-10)19-14(12-4-3-9-21-12)15-17-7-8-20(15)2/h3-9,14,19H,1-2H3. The predicted molar refractivity (Wildman–Crippen MR) is 84.1 cm³/mol. The van der Waals surface area contributed by atoms with Gasteiger partial charge in [0.25, 0.3) is 0 Å². The zero-order valence-corrected chi connectivity index (χ0v) is 13.3. The van der Waals surface area contributed by atoms with Crippen molar-refractivity contribution in [1.82, 2.24) is 14.5 Å². The Morgan fingerprint density at radius 3 is 2.81 bits per heavy atom. The highest BCUT2D eigenvalue weighted by Gasteiger charge is 2.21. The molecule has 1 atom stereocenters. The van der Waals surface area contributed by atoms with Crippen LogP contribution in [-0.2, 0) is 7.05 Å². The third-order valence-electron chi connectivity index (χ3n) is 3.30. The van der Waals surface area contributed by atoms with Crippen molar-refractivity contribution in [2.24, 2.45) is 7.05 Å². The van der Waals surface area contributed by atoms with Crippen LogP contribution in [0.4, 0.5) is 5.69 Å². The molecule has 108 valence electrons. The number of furan rings is 1. The summed E-state index contributed by atoms with van der Waals surface area (Å²) in [4.78, 5) is 8.83. The number of hydrogen-bond donors (Lipinski definition) is 1. The fourth-order valence-electron chi connectivity index (χ4n) is 2.21. The molecule has 1 N–H and O–H groups in total. The van der Waals surface area contributed by atoms with Gasteiger partial charge in [0.1, 0.15) is 22.2 Å². The summed E-state index contributed by atoms with van der Waals surface area (Å²) >= 11 is 3.38. The van der Waals surface area contributed by atoms with Crippen molar-refractivity contribution in [3.8, 4) is 0 Å². The largest absolute Gasteiger partial charge is 0.467 e. The molecular formula is C15H15BrN4O. The predicted octanol–water partition coefficient (Wildman–Crippen LogP) is 3.68. The normalized spacial score (nSPS) is 12.3. The third-order valence-corrected chi connectivity index (χ3v) is 3.74. The van der Waals surface area contributed by atoms with Crippen molar-refractivity contribution >= 4 is 21.6 Å². The minimum Gasteiger partial charge on any atom is -0.467 e. The number of imidazole rings is 1. The summed E-state index contributed by atoms with van der Waals surface area (Å²) < 4.78 is 8.36. The molecule has 0 amide bonds. The van der Waals surface area contributed by atoms with Crippen molar-refractivity contribution in [3.63, 3.8) is 0 Å². The van der Waals surface area contributed by atoms with Gasteiger partial charge in [-0.1, -0.05) is 0 Å². The van der Waals surface area contributed by atoms with Crippen LogP contribution in [0.3, 0.4) is 0 Å². The lowest BCUT2D eigenvalue weighted by Crippen LogP contribution is -2.17. The van der Waals surface area contributed by atoms with Crippen LogP contribution in [0.1, 0.15) is 23.3 Å². The zero-order valence-electron chi connectivity index (χ0n) is 11.7. The maximum Gasteiger partial charge on any atom is 0.143 e. The number of nitrogens with zero attached hydrogens (tertiary/aromatic N) is 3. The van der Waals surface area contributed by atoms with E-state index in [1.807, 2.05) is 49.0 Å². The summed E-state index contributed by atoms with van der Waals surface area (Å²) in [5.74, 6) is 1.69. The number of pyridine rings is 1. The Morgan fingerprint density at radius 2 is 2.19 bits per heavy atom. The second kappa shape index (κ2) is 5.73. The van der Waals surface area contributed by atoms with Gasteiger partial charge in [0.05, 0.1) is 17.6 Å². The van der Waals surface area contributed by atoms with E-state index >= 15 is 0 Å². The van der Waals surface area contributed by atoms with Crippen LogP contribution in [0.15, 0.2) is 51.9 Å². The SMILES string of the molecule is Cc1nc(Br)ccc1NC(c1ccco1)c1nccn1C. The molecular weight excluding hydrogens is 332 g/mol. The van der Waals surface area contributed by atoms with Gasteiger partial charge < -0.3 is 14.3 Å². The molecule has 0 fully saturated rings. The average Bonchev–Trinajstić information content (AvgIpc) is 3.10. The maximum absolute atomic E-state index is 5.56. The summed E-state index contributed by atoms with van der Waals surface area (Å²) in [6.07, 6.45) is 5.36. The topological polar surface area (TPSA) is 55.9 Å². The van der Waals surface area contributed by atoms with Crippen LogP contribution in [0.2, 0.25) is 0 Å². The van der Waals surface area contributed by atoms with E-state index in [2.05, 4.69) is 31.2 Å². The number of aryl methyl sites for hydroxylation is 2. The Labute approximate surface area is 131 Å². The van der Waals surface area contributed by atoms with Crippen molar-refractivity contribution in [3.05, 3.63) is 64.8 Å². The monoisotopic (exact) mass is 346 g/mol. The van der Waals surface area contributed by atoms with E-state index in [-0.39, 0.29) is 6.04 Å². The van der Waals surface area contributed by atoms with Gasteiger partial charge in [-0.25, -0.2) is 9.97 Å². The summed E-state index contributed by atoms with van der Waals surface area (Å²) in [5.41, 5.74) is 1.86. The number of halogens is 1. The fraction of sp³-hybridized carbons (Fsp3) is 0.200. The van der Waals surface area contributed by atoms with Crippen LogP contribution < -0.4 is 5.32 Å². The van der Waals surface area contributed by atoms with Gasteiger partial charge in [0, 0.05) is 19.4 Å². The maximum atomic E-state index is 5.56. The molecule has 6 heteroatoms. The summed E-state index contributed by atoms with van der Waals surface area (Å²) in [5, 5.41) is 3.46. The molecule has 3 aromatic heterocycles. The molecule has 0 saturated heterocycles. The first-order valence-corrected chi connectivity index (χ1v) is 7.35. The second-order valence-corrected chi connectivity index (χ2v) is 5.57. The van der Waals surface area contributed by atoms with Gasteiger partial charge >= 0.3 is 0 Å². The van der Waals surface area contributed by atoms with Crippen molar-refractivity contribution in [1.29, 1.82) is 0 Å². The fourth-order valence-corrected chi connectivity index (χ4v) is 2.61. The molecule has 21 heavy (non-hydrogen) atoms. The van der Waals surface area contributed by atoms with Crippen LogP contribution in [0.5, 0.6) is 0 Å². The first-order chi connectivity index (χ1) is 10.1. The van der Waals surface area contributed by atoms with Gasteiger partial charge in [-0.15, -0.1) is 0 Å². The van der Waals surface area contributed by atoms with E-state index < -0.39 is 0 Å². The highest BCUT2D eigenvalue weighted by Crippen LogP contribution is 2.27. The Bertz CT molecular complexity index is 736. The van der Waals surface area contributed by atoms with Crippen LogP contribution >= 0.6 is 15.9 Å².